The summed E-state index contributed by atoms with van der Waals surface area (Å²) in [7, 11) is 0. The average Bonchev–Trinajstić information content (AvgIpc) is 2.42. The third-order valence-electron chi connectivity index (χ3n) is 2.60. The lowest BCUT2D eigenvalue weighted by Crippen LogP contribution is -2.22. The molecule has 0 saturated carbocycles. The zero-order valence-electron chi connectivity index (χ0n) is 11.8. The molecule has 3 nitrogen and oxygen atoms in total. The topological polar surface area (TPSA) is 27.7 Å². The van der Waals surface area contributed by atoms with E-state index >= 15 is 0 Å². The lowest BCUT2D eigenvalue weighted by molar-refractivity contribution is -0.328. The maximum atomic E-state index is 11.7. The first-order valence-corrected chi connectivity index (χ1v) is 7.79. The molecular formula is C14H18F3IO3. The first-order chi connectivity index (χ1) is 9.81. The van der Waals surface area contributed by atoms with Gasteiger partial charge in [-0.25, -0.2) is 0 Å². The van der Waals surface area contributed by atoms with Crippen LogP contribution in [0.15, 0.2) is 24.3 Å². The summed E-state index contributed by atoms with van der Waals surface area (Å²) >= 11 is 2.37. The van der Waals surface area contributed by atoms with E-state index in [4.69, 9.17) is 9.47 Å². The Balaban J connectivity index is 2.32. The zero-order valence-corrected chi connectivity index (χ0v) is 14.0. The Morgan fingerprint density at radius 1 is 1.14 bits per heavy atom. The average molecular weight is 418 g/mol. The van der Waals surface area contributed by atoms with Crippen molar-refractivity contribution in [1.82, 2.24) is 0 Å². The zero-order chi connectivity index (χ0) is 15.9. The van der Waals surface area contributed by atoms with E-state index in [1.165, 1.54) is 5.56 Å². The molecule has 0 saturated heterocycles. The molecule has 21 heavy (non-hydrogen) atoms. The predicted octanol–water partition coefficient (Wildman–Crippen LogP) is 4.85. The highest BCUT2D eigenvalue weighted by Gasteiger charge is 2.28. The first-order valence-electron chi connectivity index (χ1n) is 6.54. The van der Waals surface area contributed by atoms with E-state index in [2.05, 4.69) is 34.3 Å². The van der Waals surface area contributed by atoms with Crippen molar-refractivity contribution < 1.29 is 27.4 Å². The van der Waals surface area contributed by atoms with Gasteiger partial charge in [0.15, 0.2) is 6.29 Å². The van der Waals surface area contributed by atoms with Crippen LogP contribution in [0.1, 0.15) is 29.8 Å². The summed E-state index contributed by atoms with van der Waals surface area (Å²) in [5.41, 5.74) is 1.21. The number of alkyl halides is 4. The van der Waals surface area contributed by atoms with Crippen LogP contribution in [0.5, 0.6) is 5.75 Å². The Labute approximate surface area is 135 Å². The monoisotopic (exact) mass is 418 g/mol. The van der Waals surface area contributed by atoms with Crippen molar-refractivity contribution in [2.24, 2.45) is 0 Å². The van der Waals surface area contributed by atoms with Gasteiger partial charge in [-0.05, 0) is 31.0 Å². The highest BCUT2D eigenvalue weighted by atomic mass is 127. The van der Waals surface area contributed by atoms with Crippen LogP contribution in [0.3, 0.4) is 0 Å². The number of benzene rings is 1. The summed E-state index contributed by atoms with van der Waals surface area (Å²) in [6.45, 7) is 2.99. The fraction of sp³-hybridized carbons (Fsp3) is 0.571. The van der Waals surface area contributed by atoms with E-state index in [9.17, 15) is 13.2 Å². The van der Waals surface area contributed by atoms with Gasteiger partial charge in [0.05, 0.1) is 13.2 Å². The molecule has 0 N–H and O–H groups in total. The minimum absolute atomic E-state index is 0.190. The van der Waals surface area contributed by atoms with Gasteiger partial charge in [-0.2, -0.15) is 0 Å². The van der Waals surface area contributed by atoms with Gasteiger partial charge in [0.25, 0.3) is 0 Å². The number of hydrogen-bond donors (Lipinski definition) is 0. The molecule has 1 aromatic rings. The molecule has 2 unspecified atom stereocenters. The minimum atomic E-state index is -4.63. The number of rotatable bonds is 8. The smallest absolute Gasteiger partial charge is 0.465 e. The SMILES string of the molecule is CCC(I)c1ccc(OC(C)OCCOC(F)(F)F)cc1. The number of halogens is 4. The lowest BCUT2D eigenvalue weighted by atomic mass is 10.1. The summed E-state index contributed by atoms with van der Waals surface area (Å²) in [6.07, 6.45) is -4.23. The van der Waals surface area contributed by atoms with Crippen LogP contribution >= 0.6 is 22.6 Å². The van der Waals surface area contributed by atoms with E-state index < -0.39 is 19.3 Å². The molecule has 0 heterocycles. The Bertz CT molecular complexity index is 409. The Kier molecular flexibility index (Phi) is 7.75. The summed E-state index contributed by atoms with van der Waals surface area (Å²) in [6, 6.07) is 7.58. The van der Waals surface area contributed by atoms with E-state index in [0.29, 0.717) is 9.67 Å². The molecule has 0 fully saturated rings. The lowest BCUT2D eigenvalue weighted by Gasteiger charge is -2.16. The molecule has 1 aromatic carbocycles. The second-order valence-electron chi connectivity index (χ2n) is 4.30. The Morgan fingerprint density at radius 3 is 2.29 bits per heavy atom. The highest BCUT2D eigenvalue weighted by molar-refractivity contribution is 14.1. The standard InChI is InChI=1S/C14H18F3IO3/c1-3-13(18)11-4-6-12(7-5-11)21-10(2)19-8-9-20-14(15,16)17/h4-7,10,13H,3,8-9H2,1-2H3. The maximum Gasteiger partial charge on any atom is 0.522 e. The van der Waals surface area contributed by atoms with Gasteiger partial charge >= 0.3 is 6.36 Å². The van der Waals surface area contributed by atoms with Gasteiger partial charge in [0.2, 0.25) is 0 Å². The van der Waals surface area contributed by atoms with Gasteiger partial charge in [-0.15, -0.1) is 13.2 Å². The minimum Gasteiger partial charge on any atom is -0.465 e. The van der Waals surface area contributed by atoms with Crippen LogP contribution in [-0.4, -0.2) is 25.9 Å². The summed E-state index contributed by atoms with van der Waals surface area (Å²) in [4.78, 5) is 0. The third kappa shape index (κ3) is 7.87. The number of ether oxygens (including phenoxy) is 3. The van der Waals surface area contributed by atoms with Gasteiger partial charge < -0.3 is 9.47 Å². The molecule has 0 amide bonds. The first kappa shape index (κ1) is 18.5. The van der Waals surface area contributed by atoms with Gasteiger partial charge in [-0.1, -0.05) is 41.6 Å². The molecule has 0 radical (unpaired) electrons. The van der Waals surface area contributed by atoms with Gasteiger partial charge in [0.1, 0.15) is 5.75 Å². The molecule has 120 valence electrons. The Hall–Kier alpha value is -0.540. The molecule has 2 atom stereocenters. The third-order valence-corrected chi connectivity index (χ3v) is 4.20. The Morgan fingerprint density at radius 2 is 1.76 bits per heavy atom. The molecule has 0 spiro atoms. The molecule has 0 aliphatic heterocycles. The fourth-order valence-corrected chi connectivity index (χ4v) is 2.00. The maximum absolute atomic E-state index is 11.7. The number of hydrogen-bond acceptors (Lipinski definition) is 3. The quantitative estimate of drug-likeness (QED) is 0.262. The molecule has 0 aliphatic rings. The molecule has 0 aromatic heterocycles. The molecular weight excluding hydrogens is 400 g/mol. The van der Waals surface area contributed by atoms with Crippen LogP contribution in [0.4, 0.5) is 13.2 Å². The predicted molar refractivity (Wildman–Crippen MR) is 81.5 cm³/mol. The molecule has 0 aliphatic carbocycles. The van der Waals surface area contributed by atoms with Crippen LogP contribution in [0, 0.1) is 0 Å². The molecule has 7 heteroatoms. The second-order valence-corrected chi connectivity index (χ2v) is 5.80. The van der Waals surface area contributed by atoms with Crippen molar-refractivity contribution in [3.63, 3.8) is 0 Å². The fourth-order valence-electron chi connectivity index (χ4n) is 1.59. The van der Waals surface area contributed by atoms with E-state index in [0.717, 1.165) is 6.42 Å². The van der Waals surface area contributed by atoms with Gasteiger partial charge in [0, 0.05) is 3.92 Å². The normalized spacial score (nSPS) is 14.8. The summed E-state index contributed by atoms with van der Waals surface area (Å²) in [5.74, 6) is 0.614. The summed E-state index contributed by atoms with van der Waals surface area (Å²) in [5, 5.41) is 0. The van der Waals surface area contributed by atoms with Crippen molar-refractivity contribution in [2.75, 3.05) is 13.2 Å². The summed E-state index contributed by atoms with van der Waals surface area (Å²) < 4.78 is 49.8. The van der Waals surface area contributed by atoms with Gasteiger partial charge in [-0.3, -0.25) is 4.74 Å². The largest absolute Gasteiger partial charge is 0.522 e. The van der Waals surface area contributed by atoms with Crippen molar-refractivity contribution in [2.45, 2.75) is 36.8 Å². The van der Waals surface area contributed by atoms with Crippen LogP contribution < -0.4 is 4.74 Å². The van der Waals surface area contributed by atoms with Crippen LogP contribution in [-0.2, 0) is 9.47 Å². The van der Waals surface area contributed by atoms with Crippen molar-refractivity contribution >= 4 is 22.6 Å². The van der Waals surface area contributed by atoms with E-state index in [-0.39, 0.29) is 6.61 Å². The molecule has 0 bridgehead atoms. The molecule has 1 rings (SSSR count). The van der Waals surface area contributed by atoms with E-state index in [1.54, 1.807) is 6.92 Å². The van der Waals surface area contributed by atoms with Crippen molar-refractivity contribution in [3.05, 3.63) is 29.8 Å². The van der Waals surface area contributed by atoms with Crippen molar-refractivity contribution in [3.8, 4) is 5.75 Å². The highest BCUT2D eigenvalue weighted by Crippen LogP contribution is 2.28. The second kappa shape index (κ2) is 8.79. The van der Waals surface area contributed by atoms with Crippen molar-refractivity contribution in [1.29, 1.82) is 0 Å². The van der Waals surface area contributed by atoms with E-state index in [1.807, 2.05) is 24.3 Å². The van der Waals surface area contributed by atoms with Crippen LogP contribution in [0.25, 0.3) is 0 Å². The van der Waals surface area contributed by atoms with Crippen LogP contribution in [0.2, 0.25) is 0 Å².